The summed E-state index contributed by atoms with van der Waals surface area (Å²) in [6, 6.07) is 2.27. The highest BCUT2D eigenvalue weighted by atomic mass is 15.1. The first kappa shape index (κ1) is 14.5. The molecule has 2 unspecified atom stereocenters. The van der Waals surface area contributed by atoms with E-state index >= 15 is 0 Å². The molecule has 0 amide bonds. The van der Waals surface area contributed by atoms with Crippen LogP contribution in [0.1, 0.15) is 40.5 Å². The van der Waals surface area contributed by atoms with E-state index in [0.717, 1.165) is 24.6 Å². The van der Waals surface area contributed by atoms with Gasteiger partial charge in [-0.3, -0.25) is 0 Å². The lowest BCUT2D eigenvalue weighted by molar-refractivity contribution is 0.483. The van der Waals surface area contributed by atoms with Gasteiger partial charge in [-0.25, -0.2) is 0 Å². The predicted octanol–water partition coefficient (Wildman–Crippen LogP) is 2.73. The second-order valence-corrected chi connectivity index (χ2v) is 4.82. The zero-order valence-corrected chi connectivity index (χ0v) is 11.8. The van der Waals surface area contributed by atoms with E-state index in [1.54, 1.807) is 0 Å². The maximum atomic E-state index is 5.69. The number of nitrogens with zero attached hydrogens (tertiary/aromatic N) is 2. The number of rotatable bonds is 7. The van der Waals surface area contributed by atoms with Crippen LogP contribution in [0.15, 0.2) is 6.07 Å². The molecule has 1 aromatic rings. The van der Waals surface area contributed by atoms with E-state index in [2.05, 4.69) is 41.4 Å². The smallest absolute Gasteiger partial charge is 0.223 e. The van der Waals surface area contributed by atoms with Gasteiger partial charge in [0, 0.05) is 18.7 Å². The molecule has 0 saturated carbocycles. The van der Waals surface area contributed by atoms with Crippen molar-refractivity contribution in [2.45, 2.75) is 46.6 Å². The van der Waals surface area contributed by atoms with Gasteiger partial charge >= 0.3 is 0 Å². The van der Waals surface area contributed by atoms with Gasteiger partial charge in [0.05, 0.1) is 0 Å². The minimum atomic E-state index is 0.298. The van der Waals surface area contributed by atoms with Gasteiger partial charge in [-0.2, -0.15) is 9.97 Å². The van der Waals surface area contributed by atoms with Crippen molar-refractivity contribution in [1.82, 2.24) is 9.97 Å². The Morgan fingerprint density at radius 3 is 2.50 bits per heavy atom. The molecule has 0 saturated heterocycles. The first-order valence-electron chi connectivity index (χ1n) is 6.70. The maximum Gasteiger partial charge on any atom is 0.223 e. The van der Waals surface area contributed by atoms with Crippen molar-refractivity contribution in [3.8, 4) is 0 Å². The average Bonchev–Trinajstić information content (AvgIpc) is 2.28. The minimum absolute atomic E-state index is 0.298. The van der Waals surface area contributed by atoms with E-state index in [9.17, 15) is 0 Å². The predicted molar refractivity (Wildman–Crippen MR) is 77.8 cm³/mol. The second-order valence-electron chi connectivity index (χ2n) is 4.82. The Hall–Kier alpha value is -1.52. The molecule has 0 bridgehead atoms. The number of hydrogen-bond donors (Lipinski definition) is 3. The quantitative estimate of drug-likeness (QED) is 0.694. The van der Waals surface area contributed by atoms with Crippen molar-refractivity contribution < 1.29 is 0 Å². The van der Waals surface area contributed by atoms with Gasteiger partial charge in [-0.15, -0.1) is 0 Å². The van der Waals surface area contributed by atoms with Crippen LogP contribution < -0.4 is 16.4 Å². The number of hydrogen-bond acceptors (Lipinski definition) is 5. The van der Waals surface area contributed by atoms with Crippen LogP contribution in [0.4, 0.5) is 17.6 Å². The molecule has 0 radical (unpaired) electrons. The lowest BCUT2D eigenvalue weighted by atomic mass is 10.0. The number of nitrogens with one attached hydrogen (secondary N) is 2. The molecule has 4 N–H and O–H groups in total. The normalized spacial score (nSPS) is 14.0. The summed E-state index contributed by atoms with van der Waals surface area (Å²) in [4.78, 5) is 8.33. The monoisotopic (exact) mass is 251 g/mol. The van der Waals surface area contributed by atoms with E-state index in [4.69, 9.17) is 5.73 Å². The molecule has 5 heteroatoms. The molecular formula is C13H25N5. The third-order valence-corrected chi connectivity index (χ3v) is 2.95. The van der Waals surface area contributed by atoms with Gasteiger partial charge in [0.15, 0.2) is 0 Å². The first-order valence-corrected chi connectivity index (χ1v) is 6.70. The molecule has 1 heterocycles. The molecule has 0 aromatic carbocycles. The maximum absolute atomic E-state index is 5.69. The molecule has 102 valence electrons. The molecule has 1 aromatic heterocycles. The lowest BCUT2D eigenvalue weighted by Gasteiger charge is -2.18. The molecule has 0 aliphatic heterocycles. The Morgan fingerprint density at radius 1 is 1.22 bits per heavy atom. The van der Waals surface area contributed by atoms with Crippen LogP contribution in [-0.2, 0) is 0 Å². The Kier molecular flexibility index (Phi) is 5.68. The minimum Gasteiger partial charge on any atom is -0.370 e. The number of anilines is 3. The highest BCUT2D eigenvalue weighted by Gasteiger charge is 2.09. The largest absolute Gasteiger partial charge is 0.370 e. The van der Waals surface area contributed by atoms with Crippen molar-refractivity contribution in [1.29, 1.82) is 0 Å². The summed E-state index contributed by atoms with van der Waals surface area (Å²) in [5.74, 6) is 2.56. The van der Waals surface area contributed by atoms with Crippen LogP contribution in [0.3, 0.4) is 0 Å². The van der Waals surface area contributed by atoms with Gasteiger partial charge in [0.25, 0.3) is 0 Å². The van der Waals surface area contributed by atoms with Crippen LogP contribution in [-0.4, -0.2) is 22.6 Å². The molecule has 18 heavy (non-hydrogen) atoms. The fraction of sp³-hybridized carbons (Fsp3) is 0.692. The Morgan fingerprint density at radius 2 is 1.89 bits per heavy atom. The van der Waals surface area contributed by atoms with Gasteiger partial charge in [0.1, 0.15) is 11.6 Å². The third kappa shape index (κ3) is 4.77. The summed E-state index contributed by atoms with van der Waals surface area (Å²) in [6.45, 7) is 9.48. The Balaban J connectivity index is 2.65. The van der Waals surface area contributed by atoms with Crippen molar-refractivity contribution in [2.75, 3.05) is 22.9 Å². The van der Waals surface area contributed by atoms with Crippen molar-refractivity contribution >= 4 is 17.6 Å². The van der Waals surface area contributed by atoms with E-state index in [1.165, 1.54) is 6.42 Å². The Labute approximate surface area is 110 Å². The first-order chi connectivity index (χ1) is 8.55. The van der Waals surface area contributed by atoms with E-state index in [-0.39, 0.29) is 0 Å². The lowest BCUT2D eigenvalue weighted by Crippen LogP contribution is -2.19. The molecule has 2 atom stereocenters. The van der Waals surface area contributed by atoms with Crippen molar-refractivity contribution in [3.05, 3.63) is 6.07 Å². The van der Waals surface area contributed by atoms with Gasteiger partial charge in [0.2, 0.25) is 5.95 Å². The summed E-state index contributed by atoms with van der Waals surface area (Å²) in [5, 5.41) is 6.52. The standard InChI is InChI=1S/C13H25N5/c1-5-9(3)7-10(4)16-12-8-11(15-6-2)17-13(14)18-12/h8-10H,5-7H2,1-4H3,(H4,14,15,16,17,18). The number of aromatic nitrogens is 2. The Bertz CT molecular complexity index is 366. The highest BCUT2D eigenvalue weighted by Crippen LogP contribution is 2.16. The second kappa shape index (κ2) is 7.03. The van der Waals surface area contributed by atoms with E-state index in [1.807, 2.05) is 13.0 Å². The topological polar surface area (TPSA) is 75.9 Å². The molecule has 0 fully saturated rings. The zero-order chi connectivity index (χ0) is 13.5. The summed E-state index contributed by atoms with van der Waals surface area (Å²) < 4.78 is 0. The highest BCUT2D eigenvalue weighted by molar-refractivity contribution is 5.51. The van der Waals surface area contributed by atoms with Crippen LogP contribution in [0.5, 0.6) is 0 Å². The SMILES string of the molecule is CCNc1cc(NC(C)CC(C)CC)nc(N)n1. The van der Waals surface area contributed by atoms with Crippen LogP contribution >= 0.6 is 0 Å². The van der Waals surface area contributed by atoms with Gasteiger partial charge < -0.3 is 16.4 Å². The molecule has 0 spiro atoms. The van der Waals surface area contributed by atoms with Crippen LogP contribution in [0.2, 0.25) is 0 Å². The van der Waals surface area contributed by atoms with Crippen LogP contribution in [0, 0.1) is 5.92 Å². The average molecular weight is 251 g/mol. The molecule has 5 nitrogen and oxygen atoms in total. The van der Waals surface area contributed by atoms with Gasteiger partial charge in [-0.05, 0) is 26.2 Å². The molecule has 0 aliphatic rings. The summed E-state index contributed by atoms with van der Waals surface area (Å²) in [5.41, 5.74) is 5.69. The van der Waals surface area contributed by atoms with E-state index in [0.29, 0.717) is 17.9 Å². The summed E-state index contributed by atoms with van der Waals surface area (Å²) in [6.07, 6.45) is 2.32. The number of nitrogen functional groups attached to an aromatic ring is 1. The molecular weight excluding hydrogens is 226 g/mol. The van der Waals surface area contributed by atoms with Gasteiger partial charge in [-0.1, -0.05) is 20.3 Å². The van der Waals surface area contributed by atoms with E-state index < -0.39 is 0 Å². The van der Waals surface area contributed by atoms with Crippen LogP contribution in [0.25, 0.3) is 0 Å². The summed E-state index contributed by atoms with van der Waals surface area (Å²) in [7, 11) is 0. The zero-order valence-electron chi connectivity index (χ0n) is 11.8. The fourth-order valence-corrected chi connectivity index (χ4v) is 1.89. The number of nitrogens with two attached hydrogens (primary N) is 1. The van der Waals surface area contributed by atoms with Crippen molar-refractivity contribution in [3.63, 3.8) is 0 Å². The third-order valence-electron chi connectivity index (χ3n) is 2.95. The van der Waals surface area contributed by atoms with Crippen molar-refractivity contribution in [2.24, 2.45) is 5.92 Å². The molecule has 1 rings (SSSR count). The fourth-order valence-electron chi connectivity index (χ4n) is 1.89. The molecule has 0 aliphatic carbocycles. The summed E-state index contributed by atoms with van der Waals surface area (Å²) >= 11 is 0.